The van der Waals surface area contributed by atoms with E-state index >= 15 is 0 Å². The van der Waals surface area contributed by atoms with Gasteiger partial charge in [-0.2, -0.15) is 5.10 Å². The highest BCUT2D eigenvalue weighted by Crippen LogP contribution is 2.38. The molecule has 0 spiro atoms. The van der Waals surface area contributed by atoms with Gasteiger partial charge in [-0.25, -0.2) is 0 Å². The molecule has 0 N–H and O–H groups in total. The zero-order valence-corrected chi connectivity index (χ0v) is 18.3. The van der Waals surface area contributed by atoms with Gasteiger partial charge >= 0.3 is 0 Å². The summed E-state index contributed by atoms with van der Waals surface area (Å²) < 4.78 is 0.923. The monoisotopic (exact) mass is 469 g/mol. The Morgan fingerprint density at radius 3 is 2.50 bits per heavy atom. The fourth-order valence-electron chi connectivity index (χ4n) is 4.28. The Hall–Kier alpha value is -2.48. The molecule has 2 aromatic rings. The first-order valence-electron chi connectivity index (χ1n) is 10.5. The highest BCUT2D eigenvalue weighted by atomic mass is 79.9. The first-order chi connectivity index (χ1) is 14.6. The Morgan fingerprint density at radius 1 is 1.03 bits per heavy atom. The van der Waals surface area contributed by atoms with E-state index in [9.17, 15) is 9.59 Å². The third-order valence-corrected chi connectivity index (χ3v) is 6.67. The van der Waals surface area contributed by atoms with Gasteiger partial charge in [-0.15, -0.1) is 5.10 Å². The lowest BCUT2D eigenvalue weighted by molar-refractivity contribution is -0.136. The standard InChI is InChI=1S/C22H24BrN5O2/c23-17-2-1-3-18(13-17)28-14-16(12-21(28)29)22(30)27-10-8-26(9-11-27)20-7-6-19(24-25-20)15-4-5-15/h1-3,6-7,13,15-16H,4-5,8-12,14H2. The van der Waals surface area contributed by atoms with Crippen molar-refractivity contribution in [1.82, 2.24) is 15.1 Å². The average Bonchev–Trinajstić information content (AvgIpc) is 3.55. The molecular weight excluding hydrogens is 446 g/mol. The van der Waals surface area contributed by atoms with Gasteiger partial charge in [0.05, 0.1) is 11.6 Å². The molecule has 1 unspecified atom stereocenters. The quantitative estimate of drug-likeness (QED) is 0.688. The Morgan fingerprint density at radius 2 is 1.83 bits per heavy atom. The van der Waals surface area contributed by atoms with E-state index in [1.165, 1.54) is 12.8 Å². The van der Waals surface area contributed by atoms with Crippen LogP contribution in [0.15, 0.2) is 40.9 Å². The SMILES string of the molecule is O=C(C1CC(=O)N(c2cccc(Br)c2)C1)N1CCN(c2ccc(C3CC3)nn2)CC1. The van der Waals surface area contributed by atoms with Crippen LogP contribution in [-0.2, 0) is 9.59 Å². The van der Waals surface area contributed by atoms with Crippen molar-refractivity contribution in [3.05, 3.63) is 46.6 Å². The van der Waals surface area contributed by atoms with Crippen LogP contribution in [0, 0.1) is 5.92 Å². The van der Waals surface area contributed by atoms with Gasteiger partial charge in [-0.3, -0.25) is 9.59 Å². The van der Waals surface area contributed by atoms with Crippen LogP contribution in [0.2, 0.25) is 0 Å². The van der Waals surface area contributed by atoms with Crippen molar-refractivity contribution in [2.45, 2.75) is 25.2 Å². The minimum absolute atomic E-state index is 0.0103. The number of aromatic nitrogens is 2. The highest BCUT2D eigenvalue weighted by molar-refractivity contribution is 9.10. The third kappa shape index (κ3) is 3.93. The number of nitrogens with zero attached hydrogens (tertiary/aromatic N) is 5. The van der Waals surface area contributed by atoms with Gasteiger partial charge in [0, 0.05) is 55.2 Å². The molecule has 1 saturated carbocycles. The van der Waals surface area contributed by atoms with Crippen LogP contribution < -0.4 is 9.80 Å². The molecule has 2 aliphatic heterocycles. The van der Waals surface area contributed by atoms with E-state index in [0.717, 1.165) is 34.8 Å². The van der Waals surface area contributed by atoms with Crippen molar-refractivity contribution in [1.29, 1.82) is 0 Å². The second-order valence-electron chi connectivity index (χ2n) is 8.29. The van der Waals surface area contributed by atoms with E-state index < -0.39 is 0 Å². The van der Waals surface area contributed by atoms with E-state index in [1.54, 1.807) is 4.90 Å². The third-order valence-electron chi connectivity index (χ3n) is 6.18. The summed E-state index contributed by atoms with van der Waals surface area (Å²) in [4.78, 5) is 31.4. The minimum atomic E-state index is -0.277. The number of carbonyl (C=O) groups is 2. The minimum Gasteiger partial charge on any atom is -0.352 e. The molecule has 156 valence electrons. The second-order valence-corrected chi connectivity index (χ2v) is 9.20. The van der Waals surface area contributed by atoms with Gasteiger partial charge in [0.15, 0.2) is 5.82 Å². The van der Waals surface area contributed by atoms with Crippen LogP contribution in [0.1, 0.15) is 30.9 Å². The van der Waals surface area contributed by atoms with Crippen LogP contribution in [0.4, 0.5) is 11.5 Å². The Labute approximate surface area is 184 Å². The van der Waals surface area contributed by atoms with Gasteiger partial charge < -0.3 is 14.7 Å². The zero-order chi connectivity index (χ0) is 20.7. The van der Waals surface area contributed by atoms with Crippen LogP contribution >= 0.6 is 15.9 Å². The molecule has 1 atom stereocenters. The van der Waals surface area contributed by atoms with E-state index in [-0.39, 0.29) is 24.2 Å². The molecule has 1 aromatic carbocycles. The molecule has 0 bridgehead atoms. The number of amides is 2. The summed E-state index contributed by atoms with van der Waals surface area (Å²) in [5.41, 5.74) is 1.93. The summed E-state index contributed by atoms with van der Waals surface area (Å²) in [5.74, 6) is 1.29. The van der Waals surface area contributed by atoms with Crippen molar-refractivity contribution in [2.24, 2.45) is 5.92 Å². The van der Waals surface area contributed by atoms with Crippen LogP contribution in [0.3, 0.4) is 0 Å². The summed E-state index contributed by atoms with van der Waals surface area (Å²) in [5, 5.41) is 8.75. The Balaban J connectivity index is 1.18. The Kier molecular flexibility index (Phi) is 5.18. The highest BCUT2D eigenvalue weighted by Gasteiger charge is 2.38. The summed E-state index contributed by atoms with van der Waals surface area (Å²) in [6.45, 7) is 3.21. The fourth-order valence-corrected chi connectivity index (χ4v) is 4.67. The lowest BCUT2D eigenvalue weighted by Crippen LogP contribution is -2.51. The molecule has 30 heavy (non-hydrogen) atoms. The topological polar surface area (TPSA) is 69.6 Å². The van der Waals surface area contributed by atoms with E-state index in [2.05, 4.69) is 37.1 Å². The molecule has 5 rings (SSSR count). The number of rotatable bonds is 4. The summed E-state index contributed by atoms with van der Waals surface area (Å²) >= 11 is 3.45. The predicted molar refractivity (Wildman–Crippen MR) is 117 cm³/mol. The molecular formula is C22H24BrN5O2. The smallest absolute Gasteiger partial charge is 0.228 e. The fraction of sp³-hybridized carbons (Fsp3) is 0.455. The summed E-state index contributed by atoms with van der Waals surface area (Å²) in [6.07, 6.45) is 2.72. The van der Waals surface area contributed by atoms with Gasteiger partial charge in [0.25, 0.3) is 0 Å². The van der Waals surface area contributed by atoms with Gasteiger partial charge in [-0.05, 0) is 43.2 Å². The Bertz CT molecular complexity index is 954. The number of piperazine rings is 1. The van der Waals surface area contributed by atoms with Crippen molar-refractivity contribution in [3.63, 3.8) is 0 Å². The van der Waals surface area contributed by atoms with Gasteiger partial charge in [0.1, 0.15) is 0 Å². The van der Waals surface area contributed by atoms with Gasteiger partial charge in [-0.1, -0.05) is 22.0 Å². The zero-order valence-electron chi connectivity index (χ0n) is 16.7. The number of hydrogen-bond donors (Lipinski definition) is 0. The maximum atomic E-state index is 13.1. The molecule has 2 amide bonds. The molecule has 3 aliphatic rings. The number of anilines is 2. The first-order valence-corrected chi connectivity index (χ1v) is 11.3. The lowest BCUT2D eigenvalue weighted by Gasteiger charge is -2.36. The van der Waals surface area contributed by atoms with Crippen molar-refractivity contribution in [2.75, 3.05) is 42.5 Å². The summed E-state index contributed by atoms with van der Waals surface area (Å²) in [7, 11) is 0. The van der Waals surface area contributed by atoms with Crippen LogP contribution in [-0.4, -0.2) is 59.6 Å². The predicted octanol–water partition coefficient (Wildman–Crippen LogP) is 2.82. The van der Waals surface area contributed by atoms with Crippen LogP contribution in [0.25, 0.3) is 0 Å². The van der Waals surface area contributed by atoms with Crippen molar-refractivity contribution >= 4 is 39.2 Å². The van der Waals surface area contributed by atoms with E-state index in [1.807, 2.05) is 35.2 Å². The molecule has 8 heteroatoms. The maximum Gasteiger partial charge on any atom is 0.228 e. The average molecular weight is 470 g/mol. The molecule has 7 nitrogen and oxygen atoms in total. The van der Waals surface area contributed by atoms with Crippen LogP contribution in [0.5, 0.6) is 0 Å². The van der Waals surface area contributed by atoms with Crippen molar-refractivity contribution in [3.8, 4) is 0 Å². The van der Waals surface area contributed by atoms with Gasteiger partial charge in [0.2, 0.25) is 11.8 Å². The molecule has 3 fully saturated rings. The number of benzene rings is 1. The molecule has 3 heterocycles. The molecule has 0 radical (unpaired) electrons. The molecule has 1 aliphatic carbocycles. The normalized spacial score (nSPS) is 22.0. The van der Waals surface area contributed by atoms with E-state index in [0.29, 0.717) is 25.6 Å². The maximum absolute atomic E-state index is 13.1. The largest absolute Gasteiger partial charge is 0.352 e. The second kappa shape index (κ2) is 7.98. The molecule has 2 saturated heterocycles. The first kappa shape index (κ1) is 19.5. The lowest BCUT2D eigenvalue weighted by atomic mass is 10.1. The molecule has 1 aromatic heterocycles. The van der Waals surface area contributed by atoms with Crippen molar-refractivity contribution < 1.29 is 9.59 Å². The number of carbonyl (C=O) groups excluding carboxylic acids is 2. The number of halogens is 1. The summed E-state index contributed by atoms with van der Waals surface area (Å²) in [6, 6.07) is 11.8. The van der Waals surface area contributed by atoms with E-state index in [4.69, 9.17) is 0 Å². The number of hydrogen-bond acceptors (Lipinski definition) is 5.